The van der Waals surface area contributed by atoms with Gasteiger partial charge >= 0.3 is 0 Å². The van der Waals surface area contributed by atoms with Gasteiger partial charge in [-0.3, -0.25) is 4.79 Å². The van der Waals surface area contributed by atoms with Gasteiger partial charge in [0.05, 0.1) is 24.3 Å². The number of hydrogen-bond acceptors (Lipinski definition) is 3. The number of carbonyl (C=O) groups excluding carboxylic acids is 1. The number of hydrogen-bond donors (Lipinski definition) is 1. The molecule has 1 aromatic rings. The van der Waals surface area contributed by atoms with Crippen molar-refractivity contribution < 1.29 is 9.53 Å². The fraction of sp³-hybridized carbons (Fsp3) is 0.500. The summed E-state index contributed by atoms with van der Waals surface area (Å²) in [5, 5.41) is 0. The van der Waals surface area contributed by atoms with Crippen LogP contribution in [0.15, 0.2) is 29.2 Å². The Morgan fingerprint density at radius 3 is 3.00 bits per heavy atom. The van der Waals surface area contributed by atoms with E-state index in [0.29, 0.717) is 18.7 Å². The molecular weight excluding hydrogens is 246 g/mol. The van der Waals surface area contributed by atoms with Crippen molar-refractivity contribution in [1.82, 2.24) is 4.90 Å². The monoisotopic (exact) mass is 263 g/mol. The van der Waals surface area contributed by atoms with E-state index in [1.54, 1.807) is 0 Å². The second kappa shape index (κ2) is 4.94. The molecule has 3 rings (SSSR count). The van der Waals surface area contributed by atoms with Gasteiger partial charge in [0.2, 0.25) is 0 Å². The molecule has 18 heavy (non-hydrogen) atoms. The molecule has 2 fully saturated rings. The molecule has 1 saturated heterocycles. The highest BCUT2D eigenvalue weighted by atomic mass is 32.1. The molecule has 0 bridgehead atoms. The van der Waals surface area contributed by atoms with Crippen molar-refractivity contribution in [1.29, 1.82) is 0 Å². The Balaban J connectivity index is 1.86. The molecule has 0 radical (unpaired) electrons. The lowest BCUT2D eigenvalue weighted by molar-refractivity contribution is -0.0446. The quantitative estimate of drug-likeness (QED) is 0.788. The summed E-state index contributed by atoms with van der Waals surface area (Å²) in [6.07, 6.45) is 3.54. The molecule has 1 saturated carbocycles. The number of ether oxygens (including phenoxy) is 1. The molecule has 0 spiro atoms. The van der Waals surface area contributed by atoms with Gasteiger partial charge in [0, 0.05) is 11.4 Å². The van der Waals surface area contributed by atoms with E-state index in [1.807, 2.05) is 29.2 Å². The van der Waals surface area contributed by atoms with Crippen LogP contribution in [-0.2, 0) is 4.74 Å². The zero-order valence-electron chi connectivity index (χ0n) is 10.2. The third kappa shape index (κ3) is 2.04. The van der Waals surface area contributed by atoms with Gasteiger partial charge in [-0.05, 0) is 31.4 Å². The van der Waals surface area contributed by atoms with Crippen molar-refractivity contribution in [3.8, 4) is 0 Å². The minimum Gasteiger partial charge on any atom is -0.374 e. The third-order valence-corrected chi connectivity index (χ3v) is 4.27. The second-order valence-corrected chi connectivity index (χ2v) is 5.40. The van der Waals surface area contributed by atoms with E-state index >= 15 is 0 Å². The number of morpholine rings is 1. The molecule has 96 valence electrons. The van der Waals surface area contributed by atoms with Gasteiger partial charge in [-0.2, -0.15) is 0 Å². The van der Waals surface area contributed by atoms with Gasteiger partial charge < -0.3 is 9.64 Å². The maximum Gasteiger partial charge on any atom is 0.255 e. The molecule has 2 aliphatic rings. The number of carbonyl (C=O) groups is 1. The van der Waals surface area contributed by atoms with Crippen LogP contribution < -0.4 is 0 Å². The highest BCUT2D eigenvalue weighted by molar-refractivity contribution is 7.80. The normalized spacial score (nSPS) is 27.1. The number of thiol groups is 1. The lowest BCUT2D eigenvalue weighted by Crippen LogP contribution is -2.51. The fourth-order valence-electron chi connectivity index (χ4n) is 2.99. The largest absolute Gasteiger partial charge is 0.374 e. The number of nitrogens with zero attached hydrogens (tertiary/aromatic N) is 1. The summed E-state index contributed by atoms with van der Waals surface area (Å²) < 4.78 is 5.74. The summed E-state index contributed by atoms with van der Waals surface area (Å²) in [6.45, 7) is 1.35. The first kappa shape index (κ1) is 12.1. The van der Waals surface area contributed by atoms with Crippen molar-refractivity contribution in [2.75, 3.05) is 13.2 Å². The third-order valence-electron chi connectivity index (χ3n) is 3.88. The zero-order chi connectivity index (χ0) is 12.5. The molecule has 1 heterocycles. The first-order valence-corrected chi connectivity index (χ1v) is 6.92. The van der Waals surface area contributed by atoms with Crippen LogP contribution in [0.2, 0.25) is 0 Å². The molecule has 1 aliphatic carbocycles. The van der Waals surface area contributed by atoms with E-state index in [-0.39, 0.29) is 18.1 Å². The molecule has 0 aromatic heterocycles. The maximum atomic E-state index is 12.6. The standard InChI is InChI=1S/C14H17NO2S/c16-14(10-4-1-2-7-13(10)18)15-8-9-17-12-6-3-5-11(12)15/h1-2,4,7,11-12,18H,3,5-6,8-9H2. The zero-order valence-corrected chi connectivity index (χ0v) is 11.1. The summed E-state index contributed by atoms with van der Waals surface area (Å²) >= 11 is 4.38. The van der Waals surface area contributed by atoms with Crippen LogP contribution in [0, 0.1) is 0 Å². The molecule has 1 aromatic carbocycles. The van der Waals surface area contributed by atoms with Crippen LogP contribution in [0.4, 0.5) is 0 Å². The highest BCUT2D eigenvalue weighted by Crippen LogP contribution is 2.31. The van der Waals surface area contributed by atoms with Gasteiger partial charge in [0.15, 0.2) is 0 Å². The summed E-state index contributed by atoms with van der Waals surface area (Å²) in [5.41, 5.74) is 0.702. The van der Waals surface area contributed by atoms with Crippen LogP contribution in [0.3, 0.4) is 0 Å². The van der Waals surface area contributed by atoms with E-state index in [0.717, 1.165) is 24.2 Å². The molecule has 1 amide bonds. The number of fused-ring (bicyclic) bond motifs is 1. The van der Waals surface area contributed by atoms with Crippen LogP contribution in [0.5, 0.6) is 0 Å². The van der Waals surface area contributed by atoms with Crippen molar-refractivity contribution in [3.05, 3.63) is 29.8 Å². The average Bonchev–Trinajstić information content (AvgIpc) is 2.86. The Kier molecular flexibility index (Phi) is 3.31. The average molecular weight is 263 g/mol. The Morgan fingerprint density at radius 1 is 1.33 bits per heavy atom. The molecule has 2 atom stereocenters. The molecular formula is C14H17NO2S. The van der Waals surface area contributed by atoms with E-state index in [9.17, 15) is 4.79 Å². The van der Waals surface area contributed by atoms with Crippen LogP contribution in [0.1, 0.15) is 29.6 Å². The SMILES string of the molecule is O=C(c1ccccc1S)N1CCOC2CCCC21. The Bertz CT molecular complexity index is 463. The minimum atomic E-state index is 0.0980. The summed E-state index contributed by atoms with van der Waals surface area (Å²) in [5.74, 6) is 0.0980. The van der Waals surface area contributed by atoms with Crippen molar-refractivity contribution >= 4 is 18.5 Å². The molecule has 0 N–H and O–H groups in total. The Hall–Kier alpha value is -1.00. The lowest BCUT2D eigenvalue weighted by atomic mass is 10.1. The predicted molar refractivity (Wildman–Crippen MR) is 72.1 cm³/mol. The summed E-state index contributed by atoms with van der Waals surface area (Å²) in [4.78, 5) is 15.3. The molecule has 2 unspecified atom stereocenters. The molecule has 1 aliphatic heterocycles. The minimum absolute atomic E-state index is 0.0980. The summed E-state index contributed by atoms with van der Waals surface area (Å²) in [6, 6.07) is 7.77. The number of amides is 1. The maximum absolute atomic E-state index is 12.6. The van der Waals surface area contributed by atoms with E-state index < -0.39 is 0 Å². The molecule has 4 heteroatoms. The van der Waals surface area contributed by atoms with E-state index in [1.165, 1.54) is 0 Å². The van der Waals surface area contributed by atoms with Crippen LogP contribution in [-0.4, -0.2) is 36.1 Å². The van der Waals surface area contributed by atoms with E-state index in [2.05, 4.69) is 12.6 Å². The highest BCUT2D eigenvalue weighted by Gasteiger charge is 2.38. The smallest absolute Gasteiger partial charge is 0.255 e. The van der Waals surface area contributed by atoms with Gasteiger partial charge in [-0.15, -0.1) is 12.6 Å². The van der Waals surface area contributed by atoms with E-state index in [4.69, 9.17) is 4.74 Å². The van der Waals surface area contributed by atoms with Crippen molar-refractivity contribution in [2.24, 2.45) is 0 Å². The molecule has 3 nitrogen and oxygen atoms in total. The van der Waals surface area contributed by atoms with Crippen LogP contribution >= 0.6 is 12.6 Å². The van der Waals surface area contributed by atoms with Gasteiger partial charge in [0.25, 0.3) is 5.91 Å². The van der Waals surface area contributed by atoms with Gasteiger partial charge in [-0.1, -0.05) is 12.1 Å². The lowest BCUT2D eigenvalue weighted by Gasteiger charge is -2.37. The number of rotatable bonds is 1. The van der Waals surface area contributed by atoms with Crippen molar-refractivity contribution in [2.45, 2.75) is 36.3 Å². The van der Waals surface area contributed by atoms with Gasteiger partial charge in [0.1, 0.15) is 0 Å². The topological polar surface area (TPSA) is 29.5 Å². The first-order chi connectivity index (χ1) is 8.77. The van der Waals surface area contributed by atoms with Gasteiger partial charge in [-0.25, -0.2) is 0 Å². The summed E-state index contributed by atoms with van der Waals surface area (Å²) in [7, 11) is 0. The first-order valence-electron chi connectivity index (χ1n) is 6.48. The Morgan fingerprint density at radius 2 is 2.17 bits per heavy atom. The van der Waals surface area contributed by atoms with Crippen molar-refractivity contribution in [3.63, 3.8) is 0 Å². The Labute approximate surface area is 113 Å². The second-order valence-electron chi connectivity index (χ2n) is 4.92. The fourth-order valence-corrected chi connectivity index (χ4v) is 3.24. The van der Waals surface area contributed by atoms with Crippen LogP contribution in [0.25, 0.3) is 0 Å². The predicted octanol–water partition coefficient (Wildman–Crippen LogP) is 2.37. The number of benzene rings is 1.